The molecule has 1 aromatic carbocycles. The molecular formula is C11H16N2O. The SMILES string of the molecule is Cc1cccc(N[C@@H]2CNC[C@H]2O)c1. The second-order valence-electron chi connectivity index (χ2n) is 3.85. The molecule has 1 heterocycles. The number of β-amino-alcohol motifs (C(OH)–C–C–N with tert-alkyl or cyclic N) is 1. The summed E-state index contributed by atoms with van der Waals surface area (Å²) in [6, 6.07) is 8.33. The molecule has 0 aromatic heterocycles. The van der Waals surface area contributed by atoms with Crippen LogP contribution in [0, 0.1) is 6.92 Å². The van der Waals surface area contributed by atoms with E-state index in [0.717, 1.165) is 12.2 Å². The zero-order valence-corrected chi connectivity index (χ0v) is 8.33. The molecule has 0 saturated carbocycles. The van der Waals surface area contributed by atoms with Crippen molar-refractivity contribution in [2.45, 2.75) is 19.1 Å². The van der Waals surface area contributed by atoms with Gasteiger partial charge >= 0.3 is 0 Å². The van der Waals surface area contributed by atoms with Crippen molar-refractivity contribution in [1.82, 2.24) is 5.32 Å². The smallest absolute Gasteiger partial charge is 0.0877 e. The molecule has 1 aromatic rings. The minimum absolute atomic E-state index is 0.136. The first-order chi connectivity index (χ1) is 6.75. The second kappa shape index (κ2) is 3.98. The Morgan fingerprint density at radius 2 is 2.29 bits per heavy atom. The van der Waals surface area contributed by atoms with E-state index in [0.29, 0.717) is 6.54 Å². The van der Waals surface area contributed by atoms with Crippen molar-refractivity contribution < 1.29 is 5.11 Å². The van der Waals surface area contributed by atoms with Crippen LogP contribution in [0.15, 0.2) is 24.3 Å². The van der Waals surface area contributed by atoms with E-state index in [1.54, 1.807) is 0 Å². The predicted molar refractivity (Wildman–Crippen MR) is 57.5 cm³/mol. The molecule has 1 aliphatic rings. The van der Waals surface area contributed by atoms with E-state index in [9.17, 15) is 5.11 Å². The van der Waals surface area contributed by atoms with E-state index < -0.39 is 0 Å². The molecule has 3 nitrogen and oxygen atoms in total. The zero-order chi connectivity index (χ0) is 9.97. The second-order valence-corrected chi connectivity index (χ2v) is 3.85. The van der Waals surface area contributed by atoms with Crippen molar-refractivity contribution in [2.24, 2.45) is 0 Å². The van der Waals surface area contributed by atoms with Crippen molar-refractivity contribution in [3.63, 3.8) is 0 Å². The van der Waals surface area contributed by atoms with Crippen LogP contribution in [0.25, 0.3) is 0 Å². The predicted octanol–water partition coefficient (Wildman–Crippen LogP) is 0.740. The summed E-state index contributed by atoms with van der Waals surface area (Å²) in [5.74, 6) is 0. The molecule has 0 radical (unpaired) electrons. The maximum atomic E-state index is 9.59. The summed E-state index contributed by atoms with van der Waals surface area (Å²) >= 11 is 0. The van der Waals surface area contributed by atoms with Crippen molar-refractivity contribution in [3.8, 4) is 0 Å². The number of hydrogen-bond donors (Lipinski definition) is 3. The van der Waals surface area contributed by atoms with Gasteiger partial charge in [-0.05, 0) is 24.6 Å². The summed E-state index contributed by atoms with van der Waals surface area (Å²) in [6.07, 6.45) is -0.282. The maximum absolute atomic E-state index is 9.59. The molecule has 2 rings (SSSR count). The highest BCUT2D eigenvalue weighted by Gasteiger charge is 2.24. The number of hydrogen-bond acceptors (Lipinski definition) is 3. The van der Waals surface area contributed by atoms with Crippen LogP contribution in [-0.4, -0.2) is 30.3 Å². The van der Waals surface area contributed by atoms with E-state index in [4.69, 9.17) is 0 Å². The van der Waals surface area contributed by atoms with E-state index in [2.05, 4.69) is 29.7 Å². The third kappa shape index (κ3) is 2.05. The first-order valence-corrected chi connectivity index (χ1v) is 4.98. The molecular weight excluding hydrogens is 176 g/mol. The van der Waals surface area contributed by atoms with Gasteiger partial charge in [0.15, 0.2) is 0 Å². The van der Waals surface area contributed by atoms with Gasteiger partial charge in [-0.2, -0.15) is 0 Å². The summed E-state index contributed by atoms with van der Waals surface area (Å²) in [6.45, 7) is 3.58. The maximum Gasteiger partial charge on any atom is 0.0877 e. The van der Waals surface area contributed by atoms with Gasteiger partial charge in [0, 0.05) is 18.8 Å². The number of anilines is 1. The van der Waals surface area contributed by atoms with Crippen LogP contribution < -0.4 is 10.6 Å². The number of aliphatic hydroxyl groups is 1. The van der Waals surface area contributed by atoms with Crippen LogP contribution >= 0.6 is 0 Å². The molecule has 0 bridgehead atoms. The largest absolute Gasteiger partial charge is 0.390 e. The van der Waals surface area contributed by atoms with Crippen LogP contribution in [0.1, 0.15) is 5.56 Å². The van der Waals surface area contributed by atoms with E-state index in [1.165, 1.54) is 5.56 Å². The summed E-state index contributed by atoms with van der Waals surface area (Å²) < 4.78 is 0. The Morgan fingerprint density at radius 1 is 1.43 bits per heavy atom. The van der Waals surface area contributed by atoms with Crippen molar-refractivity contribution in [2.75, 3.05) is 18.4 Å². The lowest BCUT2D eigenvalue weighted by atomic mass is 10.1. The van der Waals surface area contributed by atoms with Crippen LogP contribution in [0.4, 0.5) is 5.69 Å². The normalized spacial score (nSPS) is 26.4. The van der Waals surface area contributed by atoms with Gasteiger partial charge in [0.05, 0.1) is 12.1 Å². The Morgan fingerprint density at radius 3 is 2.93 bits per heavy atom. The van der Waals surface area contributed by atoms with Gasteiger partial charge in [-0.25, -0.2) is 0 Å². The summed E-state index contributed by atoms with van der Waals surface area (Å²) in [5, 5.41) is 16.1. The van der Waals surface area contributed by atoms with Crippen LogP contribution in [-0.2, 0) is 0 Å². The van der Waals surface area contributed by atoms with Gasteiger partial charge in [-0.1, -0.05) is 12.1 Å². The highest BCUT2D eigenvalue weighted by Crippen LogP contribution is 2.13. The van der Waals surface area contributed by atoms with Crippen molar-refractivity contribution in [1.29, 1.82) is 0 Å². The number of benzene rings is 1. The molecule has 14 heavy (non-hydrogen) atoms. The first kappa shape index (κ1) is 9.49. The van der Waals surface area contributed by atoms with Crippen LogP contribution in [0.3, 0.4) is 0 Å². The van der Waals surface area contributed by atoms with Gasteiger partial charge in [0.2, 0.25) is 0 Å². The number of nitrogens with one attached hydrogen (secondary N) is 2. The minimum atomic E-state index is -0.282. The van der Waals surface area contributed by atoms with E-state index in [-0.39, 0.29) is 12.1 Å². The van der Waals surface area contributed by atoms with Gasteiger partial charge in [0.1, 0.15) is 0 Å². The molecule has 3 heteroatoms. The molecule has 0 amide bonds. The molecule has 1 aliphatic heterocycles. The van der Waals surface area contributed by atoms with Gasteiger partial charge in [0.25, 0.3) is 0 Å². The van der Waals surface area contributed by atoms with Gasteiger partial charge in [-0.3, -0.25) is 0 Å². The Hall–Kier alpha value is -1.06. The van der Waals surface area contributed by atoms with Crippen molar-refractivity contribution >= 4 is 5.69 Å². The number of aliphatic hydroxyl groups excluding tert-OH is 1. The average molecular weight is 192 g/mol. The third-order valence-electron chi connectivity index (χ3n) is 2.55. The Balaban J connectivity index is 2.03. The fourth-order valence-corrected chi connectivity index (χ4v) is 1.76. The highest BCUT2D eigenvalue weighted by atomic mass is 16.3. The Bertz CT molecular complexity index is 314. The lowest BCUT2D eigenvalue weighted by Gasteiger charge is -2.16. The fourth-order valence-electron chi connectivity index (χ4n) is 1.76. The minimum Gasteiger partial charge on any atom is -0.390 e. The van der Waals surface area contributed by atoms with Crippen LogP contribution in [0.2, 0.25) is 0 Å². The Kier molecular flexibility index (Phi) is 2.70. The number of aryl methyl sites for hydroxylation is 1. The van der Waals surface area contributed by atoms with Gasteiger partial charge < -0.3 is 15.7 Å². The molecule has 1 fully saturated rings. The molecule has 0 spiro atoms. The topological polar surface area (TPSA) is 44.3 Å². The zero-order valence-electron chi connectivity index (χ0n) is 8.33. The highest BCUT2D eigenvalue weighted by molar-refractivity contribution is 5.46. The molecule has 3 N–H and O–H groups in total. The van der Waals surface area contributed by atoms with Crippen molar-refractivity contribution in [3.05, 3.63) is 29.8 Å². The summed E-state index contributed by atoms with van der Waals surface area (Å²) in [4.78, 5) is 0. The molecule has 76 valence electrons. The van der Waals surface area contributed by atoms with Crippen LogP contribution in [0.5, 0.6) is 0 Å². The third-order valence-corrected chi connectivity index (χ3v) is 2.55. The number of rotatable bonds is 2. The first-order valence-electron chi connectivity index (χ1n) is 4.98. The fraction of sp³-hybridized carbons (Fsp3) is 0.455. The Labute approximate surface area is 84.1 Å². The molecule has 2 atom stereocenters. The molecule has 1 saturated heterocycles. The quantitative estimate of drug-likeness (QED) is 0.647. The average Bonchev–Trinajstić information content (AvgIpc) is 2.52. The summed E-state index contributed by atoms with van der Waals surface area (Å²) in [5.41, 5.74) is 2.31. The monoisotopic (exact) mass is 192 g/mol. The summed E-state index contributed by atoms with van der Waals surface area (Å²) in [7, 11) is 0. The lowest BCUT2D eigenvalue weighted by molar-refractivity contribution is 0.185. The molecule has 0 unspecified atom stereocenters. The molecule has 0 aliphatic carbocycles. The lowest BCUT2D eigenvalue weighted by Crippen LogP contribution is -2.31. The van der Waals surface area contributed by atoms with E-state index >= 15 is 0 Å². The standard InChI is InChI=1S/C11H16N2O/c1-8-3-2-4-9(5-8)13-10-6-12-7-11(10)14/h2-5,10-14H,6-7H2,1H3/t10-,11-/m1/s1. The van der Waals surface area contributed by atoms with Gasteiger partial charge in [-0.15, -0.1) is 0 Å². The van der Waals surface area contributed by atoms with E-state index in [1.807, 2.05) is 12.1 Å².